The van der Waals surface area contributed by atoms with Crippen LogP contribution >= 0.6 is 11.6 Å². The highest BCUT2D eigenvalue weighted by Crippen LogP contribution is 2.25. The molecule has 2 aromatic rings. The molecule has 1 aromatic carbocycles. The summed E-state index contributed by atoms with van der Waals surface area (Å²) in [7, 11) is 0. The van der Waals surface area contributed by atoms with Crippen LogP contribution in [0.4, 0.5) is 0 Å². The van der Waals surface area contributed by atoms with Gasteiger partial charge in [-0.1, -0.05) is 22.8 Å². The molecular weight excluding hydrogens is 238 g/mol. The molecule has 1 aromatic heterocycles. The minimum absolute atomic E-state index is 0.0147. The number of aryl methyl sites for hydroxylation is 1. The monoisotopic (exact) mass is 251 g/mol. The average Bonchev–Trinajstić information content (AvgIpc) is 2.69. The molecule has 0 aliphatic heterocycles. The quantitative estimate of drug-likeness (QED) is 0.911. The third-order valence-corrected chi connectivity index (χ3v) is 2.64. The van der Waals surface area contributed by atoms with Crippen LogP contribution in [-0.2, 0) is 6.42 Å². The van der Waals surface area contributed by atoms with Crippen molar-refractivity contribution in [3.05, 3.63) is 34.6 Å². The number of hydrogen-bond acceptors (Lipinski definition) is 4. The molecule has 17 heavy (non-hydrogen) atoms. The largest absolute Gasteiger partial charge is 0.334 e. The Labute approximate surface area is 105 Å². The molecule has 2 rings (SSSR count). The zero-order valence-electron chi connectivity index (χ0n) is 9.77. The van der Waals surface area contributed by atoms with Gasteiger partial charge < -0.3 is 10.3 Å². The highest BCUT2D eigenvalue weighted by molar-refractivity contribution is 6.30. The smallest absolute Gasteiger partial charge is 0.258 e. The Morgan fingerprint density at radius 3 is 2.94 bits per heavy atom. The second-order valence-corrected chi connectivity index (χ2v) is 4.59. The number of rotatable bonds is 3. The second-order valence-electron chi connectivity index (χ2n) is 4.16. The van der Waals surface area contributed by atoms with Gasteiger partial charge in [-0.3, -0.25) is 0 Å². The van der Waals surface area contributed by atoms with E-state index in [4.69, 9.17) is 21.9 Å². The van der Waals surface area contributed by atoms with Gasteiger partial charge in [-0.2, -0.15) is 4.98 Å². The van der Waals surface area contributed by atoms with Crippen LogP contribution in [0.3, 0.4) is 0 Å². The molecule has 0 radical (unpaired) electrons. The summed E-state index contributed by atoms with van der Waals surface area (Å²) >= 11 is 5.95. The highest BCUT2D eigenvalue weighted by Gasteiger charge is 2.12. The fourth-order valence-corrected chi connectivity index (χ4v) is 1.73. The lowest BCUT2D eigenvalue weighted by Gasteiger charge is -2.00. The Hall–Kier alpha value is -1.39. The van der Waals surface area contributed by atoms with Crippen molar-refractivity contribution in [2.24, 2.45) is 5.73 Å². The molecule has 0 aliphatic rings. The van der Waals surface area contributed by atoms with Gasteiger partial charge in [-0.05, 0) is 31.5 Å². The van der Waals surface area contributed by atoms with Crippen LogP contribution in [0.2, 0.25) is 5.02 Å². The standard InChI is InChI=1S/C12H14ClN3O/c1-7-3-4-9(13)6-10(7)12-15-11(16-17-12)5-8(2)14/h3-4,6,8H,5,14H2,1-2H3. The van der Waals surface area contributed by atoms with E-state index in [0.717, 1.165) is 11.1 Å². The van der Waals surface area contributed by atoms with Gasteiger partial charge >= 0.3 is 0 Å². The van der Waals surface area contributed by atoms with Crippen molar-refractivity contribution >= 4 is 11.6 Å². The SMILES string of the molecule is Cc1ccc(Cl)cc1-c1nc(CC(C)N)no1. The molecule has 0 saturated heterocycles. The molecule has 2 N–H and O–H groups in total. The third-order valence-electron chi connectivity index (χ3n) is 2.40. The Balaban J connectivity index is 2.33. The maximum atomic E-state index is 5.95. The minimum Gasteiger partial charge on any atom is -0.334 e. The summed E-state index contributed by atoms with van der Waals surface area (Å²) in [5.41, 5.74) is 7.59. The zero-order chi connectivity index (χ0) is 12.4. The van der Waals surface area contributed by atoms with E-state index < -0.39 is 0 Å². The fourth-order valence-electron chi connectivity index (χ4n) is 1.56. The Kier molecular flexibility index (Phi) is 3.45. The molecular formula is C12H14ClN3O. The van der Waals surface area contributed by atoms with Gasteiger partial charge in [-0.25, -0.2) is 0 Å². The summed E-state index contributed by atoms with van der Waals surface area (Å²) in [6.45, 7) is 3.88. The fraction of sp³-hybridized carbons (Fsp3) is 0.333. The van der Waals surface area contributed by atoms with Crippen molar-refractivity contribution in [1.29, 1.82) is 0 Å². The minimum atomic E-state index is 0.0147. The van der Waals surface area contributed by atoms with Gasteiger partial charge in [-0.15, -0.1) is 0 Å². The molecule has 0 bridgehead atoms. The first-order valence-electron chi connectivity index (χ1n) is 5.41. The molecule has 4 nitrogen and oxygen atoms in total. The highest BCUT2D eigenvalue weighted by atomic mass is 35.5. The molecule has 90 valence electrons. The van der Waals surface area contributed by atoms with Crippen LogP contribution in [0, 0.1) is 6.92 Å². The summed E-state index contributed by atoms with van der Waals surface area (Å²) in [5, 5.41) is 4.54. The van der Waals surface area contributed by atoms with Gasteiger partial charge in [0.05, 0.1) is 0 Å². The van der Waals surface area contributed by atoms with E-state index >= 15 is 0 Å². The topological polar surface area (TPSA) is 64.9 Å². The van der Waals surface area contributed by atoms with E-state index in [1.165, 1.54) is 0 Å². The van der Waals surface area contributed by atoms with Crippen molar-refractivity contribution < 1.29 is 4.52 Å². The normalized spacial score (nSPS) is 12.7. The summed E-state index contributed by atoms with van der Waals surface area (Å²) < 4.78 is 5.21. The number of benzene rings is 1. The molecule has 1 unspecified atom stereocenters. The molecule has 0 spiro atoms. The Morgan fingerprint density at radius 1 is 1.47 bits per heavy atom. The van der Waals surface area contributed by atoms with Crippen LogP contribution < -0.4 is 5.73 Å². The number of hydrogen-bond donors (Lipinski definition) is 1. The molecule has 0 fully saturated rings. The number of aromatic nitrogens is 2. The van der Waals surface area contributed by atoms with Crippen molar-refractivity contribution in [1.82, 2.24) is 10.1 Å². The van der Waals surface area contributed by atoms with Crippen LogP contribution in [-0.4, -0.2) is 16.2 Å². The lowest BCUT2D eigenvalue weighted by atomic mass is 10.1. The number of nitrogens with zero attached hydrogens (tertiary/aromatic N) is 2. The van der Waals surface area contributed by atoms with Crippen LogP contribution in [0.5, 0.6) is 0 Å². The lowest BCUT2D eigenvalue weighted by Crippen LogP contribution is -2.18. The second kappa shape index (κ2) is 4.85. The van der Waals surface area contributed by atoms with E-state index in [-0.39, 0.29) is 6.04 Å². The molecule has 1 heterocycles. The van der Waals surface area contributed by atoms with Gasteiger partial charge in [0.1, 0.15) is 0 Å². The third kappa shape index (κ3) is 2.84. The molecule has 0 amide bonds. The summed E-state index contributed by atoms with van der Waals surface area (Å²) in [5.74, 6) is 1.11. The first-order valence-corrected chi connectivity index (χ1v) is 5.78. The van der Waals surface area contributed by atoms with Crippen molar-refractivity contribution in [2.45, 2.75) is 26.3 Å². The van der Waals surface area contributed by atoms with Crippen LogP contribution in [0.1, 0.15) is 18.3 Å². The lowest BCUT2D eigenvalue weighted by molar-refractivity contribution is 0.420. The molecule has 1 atom stereocenters. The zero-order valence-corrected chi connectivity index (χ0v) is 10.5. The molecule has 5 heteroatoms. The summed E-state index contributed by atoms with van der Waals surface area (Å²) in [4.78, 5) is 4.31. The molecule has 0 aliphatic carbocycles. The van der Waals surface area contributed by atoms with Gasteiger partial charge in [0.2, 0.25) is 0 Å². The number of halogens is 1. The van der Waals surface area contributed by atoms with Crippen molar-refractivity contribution in [3.8, 4) is 11.5 Å². The van der Waals surface area contributed by atoms with E-state index in [2.05, 4.69) is 10.1 Å². The predicted molar refractivity (Wildman–Crippen MR) is 66.8 cm³/mol. The van der Waals surface area contributed by atoms with Gasteiger partial charge in [0.15, 0.2) is 5.82 Å². The van der Waals surface area contributed by atoms with Gasteiger partial charge in [0.25, 0.3) is 5.89 Å². The average molecular weight is 252 g/mol. The van der Waals surface area contributed by atoms with Crippen molar-refractivity contribution in [3.63, 3.8) is 0 Å². The number of nitrogens with two attached hydrogens (primary N) is 1. The first-order chi connectivity index (χ1) is 8.06. The Morgan fingerprint density at radius 2 is 2.24 bits per heavy atom. The molecule has 0 saturated carbocycles. The van der Waals surface area contributed by atoms with E-state index in [9.17, 15) is 0 Å². The predicted octanol–water partition coefficient (Wildman–Crippen LogP) is 2.59. The van der Waals surface area contributed by atoms with Gasteiger partial charge in [0, 0.05) is 23.0 Å². The summed E-state index contributed by atoms with van der Waals surface area (Å²) in [6, 6.07) is 5.59. The van der Waals surface area contributed by atoms with Crippen molar-refractivity contribution in [2.75, 3.05) is 0 Å². The van der Waals surface area contributed by atoms with Crippen LogP contribution in [0.15, 0.2) is 22.7 Å². The van der Waals surface area contributed by atoms with E-state index in [1.807, 2.05) is 32.0 Å². The summed E-state index contributed by atoms with van der Waals surface area (Å²) in [6.07, 6.45) is 0.600. The van der Waals surface area contributed by atoms with Crippen LogP contribution in [0.25, 0.3) is 11.5 Å². The Bertz CT molecular complexity index is 522. The van der Waals surface area contributed by atoms with E-state index in [1.54, 1.807) is 0 Å². The maximum absolute atomic E-state index is 5.95. The van der Waals surface area contributed by atoms with E-state index in [0.29, 0.717) is 23.2 Å². The maximum Gasteiger partial charge on any atom is 0.258 e. The first kappa shape index (κ1) is 12.1.